The molecule has 0 bridgehead atoms. The lowest BCUT2D eigenvalue weighted by Gasteiger charge is -2.12. The Morgan fingerprint density at radius 3 is 1.74 bits per heavy atom. The van der Waals surface area contributed by atoms with Crippen LogP contribution in [0.4, 0.5) is 0 Å². The topological polar surface area (TPSA) is 64.6 Å². The van der Waals surface area contributed by atoms with Gasteiger partial charge in [-0.15, -0.1) is 0 Å². The third kappa shape index (κ3) is 21.6. The fraction of sp³-hybridized carbons (Fsp3) is 0.958. The number of nitrogens with one attached hydrogen (secondary N) is 1. The molecule has 0 aromatic heterocycles. The number of carbonyl (C=O) groups is 1. The Morgan fingerprint density at radius 2 is 1.26 bits per heavy atom. The van der Waals surface area contributed by atoms with E-state index in [9.17, 15) is 9.36 Å². The first-order chi connectivity index (χ1) is 15.1. The maximum atomic E-state index is 11.9. The van der Waals surface area contributed by atoms with Crippen LogP contribution in [-0.2, 0) is 18.4 Å². The van der Waals surface area contributed by atoms with E-state index in [1.54, 1.807) is 6.26 Å². The summed E-state index contributed by atoms with van der Waals surface area (Å²) in [5.74, 6) is 0.141. The molecule has 0 aliphatic carbocycles. The summed E-state index contributed by atoms with van der Waals surface area (Å²) >= 11 is 1.11. The molecule has 0 aliphatic heterocycles. The van der Waals surface area contributed by atoms with Crippen LogP contribution in [0.25, 0.3) is 0 Å². The molecule has 1 amide bonds. The van der Waals surface area contributed by atoms with Gasteiger partial charge in [0.1, 0.15) is 0 Å². The second-order valence-electron chi connectivity index (χ2n) is 8.40. The highest BCUT2D eigenvalue weighted by molar-refractivity contribution is 8.54. The monoisotopic (exact) mass is 479 g/mol. The van der Waals surface area contributed by atoms with Gasteiger partial charge in [-0.2, -0.15) is 0 Å². The number of rotatable bonds is 24. The van der Waals surface area contributed by atoms with Crippen molar-refractivity contribution in [3.8, 4) is 0 Å². The van der Waals surface area contributed by atoms with Crippen molar-refractivity contribution in [3.05, 3.63) is 0 Å². The Labute approximate surface area is 196 Å². The Bertz CT molecular complexity index is 443. The number of hydrogen-bond acceptors (Lipinski definition) is 5. The standard InChI is InChI=1S/C24H50NO4PS/c1-4-5-6-7-8-9-10-11-12-13-14-15-16-19-22-25-24(26)21-18-17-20-23-29-30(27,28-2)31-3/h4-23H2,1-3H3,(H,25,26). The summed E-state index contributed by atoms with van der Waals surface area (Å²) in [5, 5.41) is 3.02. The highest BCUT2D eigenvalue weighted by Gasteiger charge is 2.20. The van der Waals surface area contributed by atoms with Gasteiger partial charge in [-0.25, -0.2) is 4.57 Å². The highest BCUT2D eigenvalue weighted by Crippen LogP contribution is 2.58. The van der Waals surface area contributed by atoms with Crippen molar-refractivity contribution in [2.75, 3.05) is 26.5 Å². The first-order valence-electron chi connectivity index (χ1n) is 12.7. The zero-order chi connectivity index (χ0) is 23.0. The second-order valence-corrected chi connectivity index (χ2v) is 12.7. The van der Waals surface area contributed by atoms with Crippen LogP contribution in [-0.4, -0.2) is 32.4 Å². The van der Waals surface area contributed by atoms with Crippen LogP contribution in [0.1, 0.15) is 122 Å². The van der Waals surface area contributed by atoms with Gasteiger partial charge in [-0.05, 0) is 36.9 Å². The van der Waals surface area contributed by atoms with Crippen molar-refractivity contribution in [1.82, 2.24) is 5.32 Å². The van der Waals surface area contributed by atoms with E-state index in [-0.39, 0.29) is 5.91 Å². The van der Waals surface area contributed by atoms with Crippen LogP contribution in [0.2, 0.25) is 0 Å². The fourth-order valence-corrected chi connectivity index (χ4v) is 5.26. The average Bonchev–Trinajstić information content (AvgIpc) is 2.78. The van der Waals surface area contributed by atoms with Crippen LogP contribution in [0.15, 0.2) is 0 Å². The predicted molar refractivity (Wildman–Crippen MR) is 136 cm³/mol. The molecule has 0 saturated heterocycles. The summed E-state index contributed by atoms with van der Waals surface area (Å²) in [5.41, 5.74) is 0. The van der Waals surface area contributed by atoms with Crippen molar-refractivity contribution in [3.63, 3.8) is 0 Å². The van der Waals surface area contributed by atoms with Crippen molar-refractivity contribution in [1.29, 1.82) is 0 Å². The molecule has 186 valence electrons. The SMILES string of the molecule is CCCCCCCCCCCCCCCCNC(=O)CCCCCOP(=O)(OC)SC. The van der Waals surface area contributed by atoms with Crippen LogP contribution in [0, 0.1) is 0 Å². The number of hydrogen-bond donors (Lipinski definition) is 1. The van der Waals surface area contributed by atoms with E-state index in [4.69, 9.17) is 9.05 Å². The van der Waals surface area contributed by atoms with E-state index >= 15 is 0 Å². The van der Waals surface area contributed by atoms with E-state index in [0.717, 1.165) is 43.6 Å². The van der Waals surface area contributed by atoms with Gasteiger partial charge in [-0.1, -0.05) is 96.8 Å². The fourth-order valence-electron chi connectivity index (χ4n) is 3.56. The van der Waals surface area contributed by atoms with Gasteiger partial charge in [0.25, 0.3) is 0 Å². The van der Waals surface area contributed by atoms with Gasteiger partial charge in [0.15, 0.2) is 0 Å². The summed E-state index contributed by atoms with van der Waals surface area (Å²) < 4.78 is 22.0. The molecule has 0 heterocycles. The lowest BCUT2D eigenvalue weighted by atomic mass is 10.0. The Hall–Kier alpha value is -0.0300. The largest absolute Gasteiger partial charge is 0.388 e. The zero-order valence-electron chi connectivity index (χ0n) is 20.6. The van der Waals surface area contributed by atoms with Crippen LogP contribution in [0.3, 0.4) is 0 Å². The van der Waals surface area contributed by atoms with E-state index < -0.39 is 6.80 Å². The summed E-state index contributed by atoms with van der Waals surface area (Å²) in [6, 6.07) is 0. The summed E-state index contributed by atoms with van der Waals surface area (Å²) in [4.78, 5) is 11.9. The minimum absolute atomic E-state index is 0.141. The van der Waals surface area contributed by atoms with Crippen molar-refractivity contribution < 1.29 is 18.4 Å². The van der Waals surface area contributed by atoms with Crippen LogP contribution in [0.5, 0.6) is 0 Å². The van der Waals surface area contributed by atoms with Crippen molar-refractivity contribution in [2.24, 2.45) is 0 Å². The van der Waals surface area contributed by atoms with Crippen LogP contribution >= 0.6 is 18.2 Å². The molecule has 31 heavy (non-hydrogen) atoms. The first kappa shape index (κ1) is 31.0. The Morgan fingerprint density at radius 1 is 0.774 bits per heavy atom. The Kier molecular flexibility index (Phi) is 23.1. The molecule has 1 atom stereocenters. The average molecular weight is 480 g/mol. The highest BCUT2D eigenvalue weighted by atomic mass is 32.7. The van der Waals surface area contributed by atoms with Crippen LogP contribution < -0.4 is 5.32 Å². The summed E-state index contributed by atoms with van der Waals surface area (Å²) in [6.45, 7) is 0.527. The molecule has 0 aromatic carbocycles. The lowest BCUT2D eigenvalue weighted by molar-refractivity contribution is -0.121. The van der Waals surface area contributed by atoms with Gasteiger partial charge in [0.2, 0.25) is 5.91 Å². The third-order valence-electron chi connectivity index (χ3n) is 5.60. The molecule has 0 fully saturated rings. The van der Waals surface area contributed by atoms with Gasteiger partial charge in [-0.3, -0.25) is 4.79 Å². The molecule has 5 nitrogen and oxygen atoms in total. The lowest BCUT2D eigenvalue weighted by Crippen LogP contribution is -2.23. The van der Waals surface area contributed by atoms with Gasteiger partial charge < -0.3 is 14.4 Å². The maximum Gasteiger partial charge on any atom is 0.388 e. The maximum absolute atomic E-state index is 11.9. The normalized spacial score (nSPS) is 13.3. The molecule has 0 rings (SSSR count). The molecule has 7 heteroatoms. The molecule has 0 aliphatic rings. The molecular weight excluding hydrogens is 429 g/mol. The summed E-state index contributed by atoms with van der Waals surface area (Å²) in [7, 11) is 1.40. The zero-order valence-corrected chi connectivity index (χ0v) is 22.3. The molecule has 1 N–H and O–H groups in total. The minimum Gasteiger partial charge on any atom is -0.356 e. The molecule has 0 aromatic rings. The van der Waals surface area contributed by atoms with Crippen molar-refractivity contribution >= 4 is 24.1 Å². The summed E-state index contributed by atoms with van der Waals surface area (Å²) in [6.07, 6.45) is 23.7. The Balaban J connectivity index is 3.27. The quantitative estimate of drug-likeness (QED) is 0.111. The minimum atomic E-state index is -2.95. The van der Waals surface area contributed by atoms with Gasteiger partial charge >= 0.3 is 6.80 Å². The molecule has 1 unspecified atom stereocenters. The first-order valence-corrected chi connectivity index (χ1v) is 16.1. The molecule has 0 radical (unpaired) electrons. The smallest absolute Gasteiger partial charge is 0.356 e. The van der Waals surface area contributed by atoms with E-state index in [0.29, 0.717) is 13.0 Å². The number of unbranched alkanes of at least 4 members (excludes halogenated alkanes) is 15. The number of carbonyl (C=O) groups excluding carboxylic acids is 1. The van der Waals surface area contributed by atoms with Crippen molar-refractivity contribution in [2.45, 2.75) is 122 Å². The van der Waals surface area contributed by atoms with Gasteiger partial charge in [0, 0.05) is 20.1 Å². The second kappa shape index (κ2) is 23.1. The van der Waals surface area contributed by atoms with E-state index in [1.807, 2.05) is 0 Å². The van der Waals surface area contributed by atoms with E-state index in [1.165, 1.54) is 90.6 Å². The van der Waals surface area contributed by atoms with Gasteiger partial charge in [0.05, 0.1) is 6.61 Å². The molecular formula is C24H50NO4PS. The molecule has 0 spiro atoms. The predicted octanol–water partition coefficient (Wildman–Crippen LogP) is 8.28. The molecule has 0 saturated carbocycles. The van der Waals surface area contributed by atoms with E-state index in [2.05, 4.69) is 12.2 Å². The number of amides is 1. The third-order valence-corrected chi connectivity index (χ3v) is 9.10.